The van der Waals surface area contributed by atoms with Gasteiger partial charge in [-0.05, 0) is 0 Å². The summed E-state index contributed by atoms with van der Waals surface area (Å²) in [5, 5.41) is 0. The van der Waals surface area contributed by atoms with E-state index in [9.17, 15) is 0 Å². The number of hydrogen-bond donors (Lipinski definition) is 0. The maximum Gasteiger partial charge on any atom is -1.00 e. The third kappa shape index (κ3) is 3.43. The molecule has 5 aliphatic rings. The summed E-state index contributed by atoms with van der Waals surface area (Å²) in [5.74, 6) is 0. The van der Waals surface area contributed by atoms with Crippen LogP contribution in [-0.2, 0) is 20.0 Å². The van der Waals surface area contributed by atoms with Crippen LogP contribution in [0, 0.1) is 0 Å². The van der Waals surface area contributed by atoms with Gasteiger partial charge in [-0.3, -0.25) is 0 Å². The molecule has 0 bridgehead atoms. The third-order valence-electron chi connectivity index (χ3n) is 10.1. The molecule has 0 amide bonds. The van der Waals surface area contributed by atoms with E-state index in [0.717, 1.165) is 11.1 Å². The Labute approximate surface area is 218 Å². The minimum Gasteiger partial charge on any atom is -1.00 e. The first kappa shape index (κ1) is 24.5. The average Bonchev–Trinajstić information content (AvgIpc) is 3.30. The Morgan fingerprint density at radius 1 is 0.636 bits per heavy atom. The van der Waals surface area contributed by atoms with Crippen LogP contribution in [0.5, 0.6) is 0 Å². The molecule has 2 unspecified atom stereocenters. The van der Waals surface area contributed by atoms with Gasteiger partial charge >= 0.3 is 195 Å². The second-order valence-electron chi connectivity index (χ2n) is 11.9. The molecule has 0 saturated carbocycles. The number of allylic oxidation sites excluding steroid dienone is 2. The van der Waals surface area contributed by atoms with Crippen molar-refractivity contribution in [2.75, 3.05) is 0 Å². The van der Waals surface area contributed by atoms with Crippen LogP contribution < -0.4 is 24.8 Å². The van der Waals surface area contributed by atoms with Crippen molar-refractivity contribution in [2.45, 2.75) is 69.5 Å². The molecule has 0 N–H and O–H groups in total. The van der Waals surface area contributed by atoms with Gasteiger partial charge in [-0.1, -0.05) is 0 Å². The Morgan fingerprint density at radius 2 is 1.03 bits per heavy atom. The molecule has 2 aromatic rings. The SMILES string of the molecule is C[Si]1(C2[C]([Hf+2]3([C]4=Cc5ccccc5C4[Si]4(C)CCC4)[CH2][CH2]3)=Cc3ccccc32)CCC1.[Cl-].[Cl-]. The van der Waals surface area contributed by atoms with Gasteiger partial charge in [-0.15, -0.1) is 0 Å². The van der Waals surface area contributed by atoms with E-state index in [1.165, 1.54) is 12.8 Å². The zero-order chi connectivity index (χ0) is 20.8. The summed E-state index contributed by atoms with van der Waals surface area (Å²) >= 11 is -2.63. The van der Waals surface area contributed by atoms with E-state index in [1.54, 1.807) is 54.8 Å². The Morgan fingerprint density at radius 3 is 1.36 bits per heavy atom. The molecule has 3 heterocycles. The van der Waals surface area contributed by atoms with Crippen molar-refractivity contribution in [2.24, 2.45) is 0 Å². The molecule has 0 radical (unpaired) electrons. The van der Waals surface area contributed by atoms with Gasteiger partial charge in [-0.2, -0.15) is 0 Å². The number of hydrogen-bond acceptors (Lipinski definition) is 0. The Bertz CT molecular complexity index is 1070. The van der Waals surface area contributed by atoms with E-state index < -0.39 is 36.1 Å². The van der Waals surface area contributed by atoms with Gasteiger partial charge in [0.05, 0.1) is 0 Å². The fourth-order valence-electron chi connectivity index (χ4n) is 7.89. The van der Waals surface area contributed by atoms with Gasteiger partial charge in [0.15, 0.2) is 0 Å². The molecule has 0 spiro atoms. The van der Waals surface area contributed by atoms with E-state index in [0.29, 0.717) is 0 Å². The van der Waals surface area contributed by atoms with E-state index >= 15 is 0 Å². The molecular weight excluding hydrogens is 642 g/mol. The minimum absolute atomic E-state index is 0. The van der Waals surface area contributed by atoms with Crippen LogP contribution >= 0.6 is 0 Å². The van der Waals surface area contributed by atoms with Crippen molar-refractivity contribution in [3.8, 4) is 0 Å². The number of rotatable bonds is 4. The molecule has 3 aliphatic heterocycles. The molecule has 3 saturated heterocycles. The largest absolute Gasteiger partial charge is 1.00 e. The van der Waals surface area contributed by atoms with Crippen molar-refractivity contribution in [1.29, 1.82) is 0 Å². The normalized spacial score (nSPS) is 27.6. The van der Waals surface area contributed by atoms with Crippen molar-refractivity contribution in [3.05, 3.63) is 77.4 Å². The summed E-state index contributed by atoms with van der Waals surface area (Å²) in [6.45, 7) is 5.52. The minimum atomic E-state index is -2.63. The Balaban J connectivity index is 0.00000114. The first-order valence-electron chi connectivity index (χ1n) is 12.7. The van der Waals surface area contributed by atoms with Crippen LogP contribution in [0.25, 0.3) is 12.2 Å². The molecule has 172 valence electrons. The molecular formula is C28H34Cl2HfSi2. The smallest absolute Gasteiger partial charge is 1.00 e. The number of fused-ring (bicyclic) bond motifs is 2. The second kappa shape index (κ2) is 8.44. The quantitative estimate of drug-likeness (QED) is 0.437. The van der Waals surface area contributed by atoms with E-state index in [4.69, 9.17) is 0 Å². The van der Waals surface area contributed by atoms with Gasteiger partial charge in [0.2, 0.25) is 0 Å². The molecule has 2 atom stereocenters. The first-order valence-corrected chi connectivity index (χ1v) is 27.3. The van der Waals surface area contributed by atoms with Gasteiger partial charge in [-0.25, -0.2) is 0 Å². The number of halogens is 2. The average molecular weight is 676 g/mol. The van der Waals surface area contributed by atoms with E-state index in [1.807, 2.05) is 0 Å². The molecule has 33 heavy (non-hydrogen) atoms. The molecule has 2 aliphatic carbocycles. The Kier molecular flexibility index (Phi) is 6.26. The fourth-order valence-corrected chi connectivity index (χ4v) is 49.5. The molecule has 0 nitrogen and oxygen atoms in total. The summed E-state index contributed by atoms with van der Waals surface area (Å²) in [5.41, 5.74) is 8.46. The summed E-state index contributed by atoms with van der Waals surface area (Å²) in [7, 11) is -2.34. The summed E-state index contributed by atoms with van der Waals surface area (Å²) in [6.07, 6.45) is 8.58. The molecule has 0 aromatic heterocycles. The van der Waals surface area contributed by atoms with E-state index in [-0.39, 0.29) is 24.8 Å². The zero-order valence-electron chi connectivity index (χ0n) is 19.8. The maximum absolute atomic E-state index is 2.79. The summed E-state index contributed by atoms with van der Waals surface area (Å²) in [6, 6.07) is 25.4. The third-order valence-corrected chi connectivity index (χ3v) is 38.6. The van der Waals surface area contributed by atoms with E-state index in [2.05, 4.69) is 80.4 Å². The van der Waals surface area contributed by atoms with Crippen molar-refractivity contribution in [1.82, 2.24) is 0 Å². The second-order valence-corrected chi connectivity index (χ2v) is 37.2. The van der Waals surface area contributed by atoms with Gasteiger partial charge in [0.1, 0.15) is 0 Å². The molecule has 2 aromatic carbocycles. The summed E-state index contributed by atoms with van der Waals surface area (Å²) < 4.78 is 7.41. The van der Waals surface area contributed by atoms with Crippen molar-refractivity contribution < 1.29 is 44.8 Å². The molecule has 3 fully saturated rings. The van der Waals surface area contributed by atoms with Crippen LogP contribution in [0.15, 0.2) is 55.2 Å². The van der Waals surface area contributed by atoms with Gasteiger partial charge in [0, 0.05) is 0 Å². The van der Waals surface area contributed by atoms with Crippen molar-refractivity contribution >= 4 is 28.3 Å². The zero-order valence-corrected chi connectivity index (χ0v) is 26.9. The molecule has 5 heteroatoms. The summed E-state index contributed by atoms with van der Waals surface area (Å²) in [4.78, 5) is 0. The van der Waals surface area contributed by atoms with Crippen molar-refractivity contribution in [3.63, 3.8) is 0 Å². The van der Waals surface area contributed by atoms with Crippen LogP contribution in [0.4, 0.5) is 0 Å². The van der Waals surface area contributed by atoms with Gasteiger partial charge < -0.3 is 24.8 Å². The Hall–Kier alpha value is -0.196. The fraction of sp³-hybridized carbons (Fsp3) is 0.429. The maximum atomic E-state index is 2.79. The van der Waals surface area contributed by atoms with Crippen LogP contribution in [0.2, 0.25) is 45.6 Å². The molecule has 7 rings (SSSR count). The topological polar surface area (TPSA) is 0 Å². The first-order chi connectivity index (χ1) is 15.0. The number of benzene rings is 2. The standard InChI is InChI=1S/2C13H15Si.C2H4.2ClH.Hf/c2*1-14(9-4-10-14)13-8-7-11-5-2-3-6-12(11)13;1-2;;;/h2*2-3,5-7,13H,4,9-10H2,1H3;1-2H2;2*1H;/q;;;;;+2/p-2. The van der Waals surface area contributed by atoms with Crippen LogP contribution in [-0.4, -0.2) is 16.1 Å². The monoisotopic (exact) mass is 676 g/mol. The van der Waals surface area contributed by atoms with Gasteiger partial charge in [0.25, 0.3) is 0 Å². The predicted molar refractivity (Wildman–Crippen MR) is 136 cm³/mol. The van der Waals surface area contributed by atoms with Crippen LogP contribution in [0.1, 0.15) is 46.2 Å². The predicted octanol–water partition coefficient (Wildman–Crippen LogP) is 2.32. The van der Waals surface area contributed by atoms with Crippen LogP contribution in [0.3, 0.4) is 0 Å².